The van der Waals surface area contributed by atoms with E-state index in [4.69, 9.17) is 11.1 Å². The largest absolute Gasteiger partial charge is 0.384 e. The van der Waals surface area contributed by atoms with Crippen LogP contribution in [0.25, 0.3) is 0 Å². The fourth-order valence-corrected chi connectivity index (χ4v) is 4.97. The van der Waals surface area contributed by atoms with Crippen LogP contribution >= 0.6 is 11.8 Å². The fraction of sp³-hybridized carbons (Fsp3) is 0.350. The van der Waals surface area contributed by atoms with Gasteiger partial charge in [-0.3, -0.25) is 10.3 Å². The molecular weight excluding hydrogens is 328 g/mol. The Kier molecular flexibility index (Phi) is 4.44. The van der Waals surface area contributed by atoms with Crippen molar-refractivity contribution in [1.29, 1.82) is 5.41 Å². The highest BCUT2D eigenvalue weighted by Gasteiger charge is 2.33. The van der Waals surface area contributed by atoms with Gasteiger partial charge >= 0.3 is 0 Å². The first kappa shape index (κ1) is 16.5. The minimum atomic E-state index is 0.126. The van der Waals surface area contributed by atoms with Gasteiger partial charge in [-0.25, -0.2) is 0 Å². The molecule has 0 bridgehead atoms. The van der Waals surface area contributed by atoms with Crippen LogP contribution in [0.4, 0.5) is 11.4 Å². The SMILES string of the molecule is CCC(N1CCCC1)N1c2ccccc2Sc2ccc(C(=N)N)cc21. The Bertz CT molecular complexity index is 798. The molecule has 2 heterocycles. The Labute approximate surface area is 153 Å². The number of nitrogens with zero attached hydrogens (tertiary/aromatic N) is 2. The van der Waals surface area contributed by atoms with Gasteiger partial charge in [0.15, 0.2) is 0 Å². The van der Waals surface area contributed by atoms with Gasteiger partial charge in [-0.15, -0.1) is 0 Å². The molecule has 2 aliphatic rings. The predicted molar refractivity (Wildman–Crippen MR) is 105 cm³/mol. The second-order valence-corrected chi connectivity index (χ2v) is 7.75. The first-order valence-corrected chi connectivity index (χ1v) is 9.79. The topological polar surface area (TPSA) is 56.4 Å². The van der Waals surface area contributed by atoms with Crippen LogP contribution in [0.5, 0.6) is 0 Å². The van der Waals surface area contributed by atoms with Crippen LogP contribution in [0.3, 0.4) is 0 Å². The molecule has 2 aliphatic heterocycles. The third kappa shape index (κ3) is 2.92. The van der Waals surface area contributed by atoms with E-state index in [1.807, 2.05) is 6.07 Å². The lowest BCUT2D eigenvalue weighted by Gasteiger charge is -2.42. The van der Waals surface area contributed by atoms with Gasteiger partial charge in [-0.2, -0.15) is 0 Å². The minimum Gasteiger partial charge on any atom is -0.384 e. The number of nitrogens with two attached hydrogens (primary N) is 1. The van der Waals surface area contributed by atoms with Crippen LogP contribution in [0, 0.1) is 5.41 Å². The summed E-state index contributed by atoms with van der Waals surface area (Å²) in [5.41, 5.74) is 9.00. The van der Waals surface area contributed by atoms with Gasteiger partial charge in [0.1, 0.15) is 5.84 Å². The molecule has 1 fully saturated rings. The van der Waals surface area contributed by atoms with Crippen LogP contribution in [0.1, 0.15) is 31.7 Å². The highest BCUT2D eigenvalue weighted by atomic mass is 32.2. The Morgan fingerprint density at radius 1 is 1.12 bits per heavy atom. The van der Waals surface area contributed by atoms with E-state index in [0.29, 0.717) is 6.17 Å². The first-order valence-electron chi connectivity index (χ1n) is 8.97. The molecular formula is C20H24N4S. The summed E-state index contributed by atoms with van der Waals surface area (Å²) in [5, 5.41) is 7.82. The number of rotatable bonds is 4. The Balaban J connectivity index is 1.86. The van der Waals surface area contributed by atoms with E-state index in [9.17, 15) is 0 Å². The van der Waals surface area contributed by atoms with Crippen molar-refractivity contribution in [2.75, 3.05) is 18.0 Å². The molecule has 4 nitrogen and oxygen atoms in total. The number of nitrogens with one attached hydrogen (secondary N) is 1. The molecule has 0 spiro atoms. The molecule has 2 aromatic carbocycles. The first-order chi connectivity index (χ1) is 12.2. The smallest absolute Gasteiger partial charge is 0.122 e. The van der Waals surface area contributed by atoms with Gasteiger partial charge in [-0.1, -0.05) is 36.9 Å². The molecule has 3 N–H and O–H groups in total. The summed E-state index contributed by atoms with van der Waals surface area (Å²) in [6.07, 6.45) is 3.95. The molecule has 1 unspecified atom stereocenters. The summed E-state index contributed by atoms with van der Waals surface area (Å²) in [6, 6.07) is 14.8. The molecule has 5 heteroatoms. The van der Waals surface area contributed by atoms with Gasteiger partial charge < -0.3 is 10.6 Å². The van der Waals surface area contributed by atoms with Crippen LogP contribution in [0.2, 0.25) is 0 Å². The monoisotopic (exact) mass is 352 g/mol. The van der Waals surface area contributed by atoms with Crippen molar-refractivity contribution >= 4 is 29.0 Å². The maximum Gasteiger partial charge on any atom is 0.122 e. The highest BCUT2D eigenvalue weighted by Crippen LogP contribution is 2.50. The van der Waals surface area contributed by atoms with Crippen LogP contribution < -0.4 is 10.6 Å². The summed E-state index contributed by atoms with van der Waals surface area (Å²) in [7, 11) is 0. The Morgan fingerprint density at radius 2 is 1.84 bits per heavy atom. The van der Waals surface area contributed by atoms with E-state index in [-0.39, 0.29) is 5.84 Å². The molecule has 2 aromatic rings. The highest BCUT2D eigenvalue weighted by molar-refractivity contribution is 7.99. The maximum absolute atomic E-state index is 7.82. The number of benzene rings is 2. The molecule has 0 saturated carbocycles. The number of hydrogen-bond donors (Lipinski definition) is 2. The van der Waals surface area contributed by atoms with E-state index in [1.165, 1.54) is 34.0 Å². The molecule has 4 rings (SSSR count). The molecule has 0 radical (unpaired) electrons. The number of nitrogen functional groups attached to an aromatic ring is 1. The van der Waals surface area contributed by atoms with Gasteiger partial charge in [-0.05, 0) is 43.5 Å². The quantitative estimate of drug-likeness (QED) is 0.632. The summed E-state index contributed by atoms with van der Waals surface area (Å²) < 4.78 is 0. The number of anilines is 2. The number of amidine groups is 1. The van der Waals surface area contributed by atoms with Crippen molar-refractivity contribution in [1.82, 2.24) is 4.90 Å². The van der Waals surface area contributed by atoms with Gasteiger partial charge in [0, 0.05) is 28.4 Å². The number of hydrogen-bond acceptors (Lipinski definition) is 4. The zero-order valence-corrected chi connectivity index (χ0v) is 15.4. The van der Waals surface area contributed by atoms with Crippen molar-refractivity contribution in [2.45, 2.75) is 42.1 Å². The second kappa shape index (κ2) is 6.73. The zero-order valence-electron chi connectivity index (χ0n) is 14.5. The molecule has 0 aromatic heterocycles. The maximum atomic E-state index is 7.82. The van der Waals surface area contributed by atoms with E-state index in [2.05, 4.69) is 53.1 Å². The Hall–Kier alpha value is -1.98. The standard InChI is InChI=1S/C20H24N4S/c1-2-19(23-11-5-6-12-23)24-15-7-3-4-8-17(15)25-18-10-9-14(20(21)22)13-16(18)24/h3-4,7-10,13,19H,2,5-6,11-12H2,1H3,(H3,21,22). The summed E-state index contributed by atoms with van der Waals surface area (Å²) in [5.74, 6) is 0.126. The average molecular weight is 353 g/mol. The normalized spacial score (nSPS) is 17.9. The summed E-state index contributed by atoms with van der Waals surface area (Å²) in [4.78, 5) is 7.60. The molecule has 1 atom stereocenters. The lowest BCUT2D eigenvalue weighted by Crippen LogP contribution is -2.45. The van der Waals surface area contributed by atoms with E-state index < -0.39 is 0 Å². The van der Waals surface area contributed by atoms with Crippen LogP contribution in [-0.4, -0.2) is 30.0 Å². The lowest BCUT2D eigenvalue weighted by molar-refractivity contribution is 0.239. The van der Waals surface area contributed by atoms with E-state index >= 15 is 0 Å². The van der Waals surface area contributed by atoms with Crippen molar-refractivity contribution < 1.29 is 0 Å². The van der Waals surface area contributed by atoms with Crippen molar-refractivity contribution in [3.63, 3.8) is 0 Å². The average Bonchev–Trinajstić information content (AvgIpc) is 3.15. The van der Waals surface area contributed by atoms with Gasteiger partial charge in [0.05, 0.1) is 17.5 Å². The second-order valence-electron chi connectivity index (χ2n) is 6.67. The van der Waals surface area contributed by atoms with Crippen LogP contribution in [0.15, 0.2) is 52.3 Å². The molecule has 130 valence electrons. The summed E-state index contributed by atoms with van der Waals surface area (Å²) in [6.45, 7) is 4.58. The lowest BCUT2D eigenvalue weighted by atomic mass is 10.1. The van der Waals surface area contributed by atoms with Crippen molar-refractivity contribution in [3.05, 3.63) is 48.0 Å². The van der Waals surface area contributed by atoms with Crippen molar-refractivity contribution in [2.24, 2.45) is 5.73 Å². The third-order valence-corrected chi connectivity index (χ3v) is 6.23. The van der Waals surface area contributed by atoms with E-state index in [1.54, 1.807) is 11.8 Å². The minimum absolute atomic E-state index is 0.126. The third-order valence-electron chi connectivity index (χ3n) is 5.10. The van der Waals surface area contributed by atoms with Crippen LogP contribution in [-0.2, 0) is 0 Å². The molecule has 25 heavy (non-hydrogen) atoms. The van der Waals surface area contributed by atoms with Gasteiger partial charge in [0.2, 0.25) is 0 Å². The Morgan fingerprint density at radius 3 is 2.56 bits per heavy atom. The fourth-order valence-electron chi connectivity index (χ4n) is 3.92. The molecule has 1 saturated heterocycles. The molecule has 0 aliphatic carbocycles. The number of fused-ring (bicyclic) bond motifs is 2. The van der Waals surface area contributed by atoms with Gasteiger partial charge in [0.25, 0.3) is 0 Å². The molecule has 0 amide bonds. The summed E-state index contributed by atoms with van der Waals surface area (Å²) >= 11 is 1.81. The number of para-hydroxylation sites is 1. The number of likely N-dealkylation sites (tertiary alicyclic amines) is 1. The van der Waals surface area contributed by atoms with Crippen molar-refractivity contribution in [3.8, 4) is 0 Å². The predicted octanol–water partition coefficient (Wildman–Crippen LogP) is 4.41. The zero-order chi connectivity index (χ0) is 17.4. The van der Waals surface area contributed by atoms with E-state index in [0.717, 1.165) is 25.1 Å².